The quantitative estimate of drug-likeness (QED) is 0.820. The number of hydrogen-bond donors (Lipinski definition) is 1. The third-order valence-electron chi connectivity index (χ3n) is 4.42. The van der Waals surface area contributed by atoms with Gasteiger partial charge in [0, 0.05) is 31.4 Å². The molecular weight excluding hydrogens is 366 g/mol. The van der Waals surface area contributed by atoms with Gasteiger partial charge in [-0.1, -0.05) is 18.2 Å². The number of amides is 1. The van der Waals surface area contributed by atoms with Crippen LogP contribution >= 0.6 is 0 Å². The van der Waals surface area contributed by atoms with Crippen LogP contribution in [0.3, 0.4) is 0 Å². The second-order valence-corrected chi connectivity index (χ2v) is 8.40. The molecule has 1 atom stereocenters. The Balaban J connectivity index is 1.68. The van der Waals surface area contributed by atoms with Gasteiger partial charge in [0.05, 0.1) is 11.8 Å². The molecule has 1 fully saturated rings. The number of carbonyl (C=O) groups is 1. The lowest BCUT2D eigenvalue weighted by molar-refractivity contribution is 0.0618. The smallest absolute Gasteiger partial charge is 0.255 e. The van der Waals surface area contributed by atoms with E-state index in [0.29, 0.717) is 23.7 Å². The van der Waals surface area contributed by atoms with Crippen LogP contribution in [-0.4, -0.2) is 49.6 Å². The largest absolute Gasteiger partial charge is 0.439 e. The number of ether oxygens (including phenoxy) is 1. The highest BCUT2D eigenvalue weighted by atomic mass is 32.2. The normalized spacial score (nSPS) is 17.5. The maximum Gasteiger partial charge on any atom is 0.255 e. The molecule has 0 radical (unpaired) electrons. The van der Waals surface area contributed by atoms with Crippen LogP contribution in [0, 0.1) is 0 Å². The minimum atomic E-state index is -3.29. The predicted molar refractivity (Wildman–Crippen MR) is 102 cm³/mol. The van der Waals surface area contributed by atoms with Crippen LogP contribution in [0.1, 0.15) is 29.6 Å². The molecule has 2 heterocycles. The summed E-state index contributed by atoms with van der Waals surface area (Å²) in [6.45, 7) is 0.838. The van der Waals surface area contributed by atoms with Gasteiger partial charge in [-0.25, -0.2) is 18.1 Å². The second-order valence-electron chi connectivity index (χ2n) is 6.57. The standard InChI is InChI=1S/C19H23N3O4S/c1-27(24,25)21-14-16-7-5-6-12-22(16)19(23)15-10-11-18(20-13-15)26-17-8-3-2-4-9-17/h2-4,8-11,13,16,21H,5-7,12,14H2,1H3. The van der Waals surface area contributed by atoms with Gasteiger partial charge in [0.2, 0.25) is 15.9 Å². The van der Waals surface area contributed by atoms with Crippen molar-refractivity contribution in [3.8, 4) is 11.6 Å². The predicted octanol–water partition coefficient (Wildman–Crippen LogP) is 2.42. The van der Waals surface area contributed by atoms with E-state index in [-0.39, 0.29) is 18.5 Å². The summed E-state index contributed by atoms with van der Waals surface area (Å²) in [6.07, 6.45) is 5.27. The van der Waals surface area contributed by atoms with Crippen molar-refractivity contribution in [3.05, 3.63) is 54.2 Å². The van der Waals surface area contributed by atoms with Gasteiger partial charge in [0.1, 0.15) is 5.75 Å². The third kappa shape index (κ3) is 5.51. The molecule has 3 rings (SSSR count). The number of rotatable bonds is 6. The number of pyridine rings is 1. The molecule has 1 N–H and O–H groups in total. The van der Waals surface area contributed by atoms with Crippen molar-refractivity contribution >= 4 is 15.9 Å². The van der Waals surface area contributed by atoms with E-state index in [1.807, 2.05) is 30.3 Å². The maximum atomic E-state index is 12.9. The molecule has 0 spiro atoms. The van der Waals surface area contributed by atoms with E-state index in [2.05, 4.69) is 9.71 Å². The zero-order valence-electron chi connectivity index (χ0n) is 15.2. The molecule has 8 heteroatoms. The molecule has 0 saturated carbocycles. The summed E-state index contributed by atoms with van der Waals surface area (Å²) >= 11 is 0. The lowest BCUT2D eigenvalue weighted by atomic mass is 10.0. The average Bonchev–Trinajstić information content (AvgIpc) is 2.67. The summed E-state index contributed by atoms with van der Waals surface area (Å²) in [5.41, 5.74) is 0.460. The molecule has 1 aromatic carbocycles. The van der Waals surface area contributed by atoms with Crippen LogP contribution in [0.5, 0.6) is 11.6 Å². The van der Waals surface area contributed by atoms with Crippen LogP contribution in [0.2, 0.25) is 0 Å². The van der Waals surface area contributed by atoms with Crippen LogP contribution in [-0.2, 0) is 10.0 Å². The van der Waals surface area contributed by atoms with Crippen LogP contribution in [0.25, 0.3) is 0 Å². The first-order valence-electron chi connectivity index (χ1n) is 8.87. The van der Waals surface area contributed by atoms with E-state index in [1.165, 1.54) is 6.20 Å². The lowest BCUT2D eigenvalue weighted by Gasteiger charge is -2.35. The van der Waals surface area contributed by atoms with Gasteiger partial charge < -0.3 is 9.64 Å². The zero-order valence-corrected chi connectivity index (χ0v) is 16.0. The van der Waals surface area contributed by atoms with Crippen molar-refractivity contribution in [2.75, 3.05) is 19.3 Å². The van der Waals surface area contributed by atoms with Crippen LogP contribution in [0.15, 0.2) is 48.7 Å². The highest BCUT2D eigenvalue weighted by Crippen LogP contribution is 2.22. The topological polar surface area (TPSA) is 88.6 Å². The van der Waals surface area contributed by atoms with Gasteiger partial charge >= 0.3 is 0 Å². The number of aromatic nitrogens is 1. The first-order valence-corrected chi connectivity index (χ1v) is 10.8. The lowest BCUT2D eigenvalue weighted by Crippen LogP contribution is -2.49. The van der Waals surface area contributed by atoms with Crippen molar-refractivity contribution in [2.24, 2.45) is 0 Å². The van der Waals surface area contributed by atoms with E-state index in [0.717, 1.165) is 25.5 Å². The molecule has 1 amide bonds. The maximum absolute atomic E-state index is 12.9. The number of nitrogens with zero attached hydrogens (tertiary/aromatic N) is 2. The Labute approximate surface area is 159 Å². The van der Waals surface area contributed by atoms with Crippen LogP contribution in [0.4, 0.5) is 0 Å². The summed E-state index contributed by atoms with van der Waals surface area (Å²) in [6, 6.07) is 12.5. The Bertz CT molecular complexity index is 870. The molecule has 0 bridgehead atoms. The minimum absolute atomic E-state index is 0.145. The summed E-state index contributed by atoms with van der Waals surface area (Å²) in [7, 11) is -3.29. The molecule has 27 heavy (non-hydrogen) atoms. The molecular formula is C19H23N3O4S. The molecule has 1 saturated heterocycles. The van der Waals surface area contributed by atoms with Gasteiger partial charge in [-0.2, -0.15) is 0 Å². The molecule has 1 unspecified atom stereocenters. The van der Waals surface area contributed by atoms with Crippen molar-refractivity contribution < 1.29 is 17.9 Å². The van der Waals surface area contributed by atoms with Crippen molar-refractivity contribution in [3.63, 3.8) is 0 Å². The fourth-order valence-corrected chi connectivity index (χ4v) is 3.57. The van der Waals surface area contributed by atoms with E-state index in [9.17, 15) is 13.2 Å². The summed E-state index contributed by atoms with van der Waals surface area (Å²) in [4.78, 5) is 18.8. The van der Waals surface area contributed by atoms with Gasteiger partial charge in [0.15, 0.2) is 0 Å². The molecule has 2 aromatic rings. The number of sulfonamides is 1. The van der Waals surface area contributed by atoms with E-state index in [1.54, 1.807) is 17.0 Å². The summed E-state index contributed by atoms with van der Waals surface area (Å²) < 4.78 is 30.9. The Morgan fingerprint density at radius 3 is 2.67 bits per heavy atom. The molecule has 1 aliphatic rings. The van der Waals surface area contributed by atoms with Gasteiger partial charge in [0.25, 0.3) is 5.91 Å². The monoisotopic (exact) mass is 389 g/mol. The SMILES string of the molecule is CS(=O)(=O)NCC1CCCCN1C(=O)c1ccc(Oc2ccccc2)nc1. The minimum Gasteiger partial charge on any atom is -0.439 e. The number of nitrogens with one attached hydrogen (secondary N) is 1. The van der Waals surface area contributed by atoms with Crippen molar-refractivity contribution in [1.29, 1.82) is 0 Å². The number of benzene rings is 1. The molecule has 1 aromatic heterocycles. The van der Waals surface area contributed by atoms with Gasteiger partial charge in [-0.3, -0.25) is 4.79 Å². The van der Waals surface area contributed by atoms with Gasteiger partial charge in [-0.15, -0.1) is 0 Å². The molecule has 144 valence electrons. The highest BCUT2D eigenvalue weighted by Gasteiger charge is 2.28. The first-order chi connectivity index (χ1) is 12.9. The average molecular weight is 389 g/mol. The Hall–Kier alpha value is -2.45. The Kier molecular flexibility index (Phi) is 6.08. The van der Waals surface area contributed by atoms with Crippen molar-refractivity contribution in [2.45, 2.75) is 25.3 Å². The summed E-state index contributed by atoms with van der Waals surface area (Å²) in [5.74, 6) is 0.937. The fourth-order valence-electron chi connectivity index (χ4n) is 3.07. The van der Waals surface area contributed by atoms with Crippen LogP contribution < -0.4 is 9.46 Å². The fraction of sp³-hybridized carbons (Fsp3) is 0.368. The molecule has 7 nitrogen and oxygen atoms in total. The number of piperidine rings is 1. The third-order valence-corrected chi connectivity index (χ3v) is 5.11. The zero-order chi connectivity index (χ0) is 19.3. The van der Waals surface area contributed by atoms with Gasteiger partial charge in [-0.05, 0) is 37.5 Å². The number of carbonyl (C=O) groups excluding carboxylic acids is 1. The number of hydrogen-bond acceptors (Lipinski definition) is 5. The first kappa shape index (κ1) is 19.3. The van der Waals surface area contributed by atoms with E-state index in [4.69, 9.17) is 4.74 Å². The number of para-hydroxylation sites is 1. The summed E-state index contributed by atoms with van der Waals surface area (Å²) in [5, 5.41) is 0. The molecule has 0 aliphatic carbocycles. The van der Waals surface area contributed by atoms with E-state index < -0.39 is 10.0 Å². The highest BCUT2D eigenvalue weighted by molar-refractivity contribution is 7.88. The van der Waals surface area contributed by atoms with Crippen molar-refractivity contribution in [1.82, 2.24) is 14.6 Å². The Morgan fingerprint density at radius 2 is 2.00 bits per heavy atom. The molecule has 1 aliphatic heterocycles. The number of likely N-dealkylation sites (tertiary alicyclic amines) is 1. The Morgan fingerprint density at radius 1 is 1.22 bits per heavy atom. The second kappa shape index (κ2) is 8.49. The van der Waals surface area contributed by atoms with E-state index >= 15 is 0 Å².